The predicted octanol–water partition coefficient (Wildman–Crippen LogP) is 2.12. The van der Waals surface area contributed by atoms with Gasteiger partial charge in [0.25, 0.3) is 0 Å². The van der Waals surface area contributed by atoms with Crippen LogP contribution in [0, 0.1) is 17.6 Å². The lowest BCUT2D eigenvalue weighted by Gasteiger charge is -2.09. The summed E-state index contributed by atoms with van der Waals surface area (Å²) in [5.41, 5.74) is 0.237. The molecule has 1 nitrogen and oxygen atoms in total. The lowest BCUT2D eigenvalue weighted by Crippen LogP contribution is -2.12. The Kier molecular flexibility index (Phi) is 2.77. The predicted molar refractivity (Wildman–Crippen MR) is 51.0 cm³/mol. The Hall–Kier alpha value is -0.960. The Morgan fingerprint density at radius 2 is 2.00 bits per heavy atom. The molecule has 0 bridgehead atoms. The summed E-state index contributed by atoms with van der Waals surface area (Å²) in [6, 6.07) is 4.04. The van der Waals surface area contributed by atoms with Crippen molar-refractivity contribution in [2.24, 2.45) is 5.92 Å². The van der Waals surface area contributed by atoms with Gasteiger partial charge in [0.2, 0.25) is 0 Å². The second-order valence-electron chi connectivity index (χ2n) is 3.76. The topological polar surface area (TPSA) is 12.0 Å². The number of nitrogens with one attached hydrogen (secondary N) is 1. The molecule has 2 rings (SSSR count). The van der Waals surface area contributed by atoms with Gasteiger partial charge >= 0.3 is 0 Å². The van der Waals surface area contributed by atoms with E-state index < -0.39 is 11.6 Å². The summed E-state index contributed by atoms with van der Waals surface area (Å²) in [6.45, 7) is 1.83. The van der Waals surface area contributed by atoms with Gasteiger partial charge in [0.05, 0.1) is 0 Å². The van der Waals surface area contributed by atoms with Crippen molar-refractivity contribution in [3.05, 3.63) is 35.4 Å². The van der Waals surface area contributed by atoms with E-state index in [4.69, 9.17) is 0 Å². The van der Waals surface area contributed by atoms with Crippen molar-refractivity contribution in [2.75, 3.05) is 13.1 Å². The highest BCUT2D eigenvalue weighted by molar-refractivity contribution is 5.20. The summed E-state index contributed by atoms with van der Waals surface area (Å²) in [4.78, 5) is 0. The Morgan fingerprint density at radius 1 is 1.29 bits per heavy atom. The van der Waals surface area contributed by atoms with Gasteiger partial charge in [0, 0.05) is 5.56 Å². The molecule has 1 N–H and O–H groups in total. The van der Waals surface area contributed by atoms with Crippen LogP contribution in [0.2, 0.25) is 0 Å². The van der Waals surface area contributed by atoms with Crippen LogP contribution in [-0.2, 0) is 6.42 Å². The number of halogens is 2. The van der Waals surface area contributed by atoms with E-state index in [0.29, 0.717) is 12.3 Å². The molecular weight excluding hydrogens is 184 g/mol. The number of hydrogen-bond acceptors (Lipinski definition) is 1. The normalized spacial score (nSPS) is 21.4. The maximum Gasteiger partial charge on any atom is 0.129 e. The Labute approximate surface area is 82.1 Å². The monoisotopic (exact) mass is 197 g/mol. The highest BCUT2D eigenvalue weighted by Crippen LogP contribution is 2.19. The van der Waals surface area contributed by atoms with E-state index in [2.05, 4.69) is 5.32 Å². The van der Waals surface area contributed by atoms with E-state index in [1.165, 1.54) is 18.2 Å². The zero-order valence-electron chi connectivity index (χ0n) is 7.89. The zero-order valence-corrected chi connectivity index (χ0v) is 7.89. The van der Waals surface area contributed by atoms with Crippen LogP contribution in [0.5, 0.6) is 0 Å². The molecule has 0 radical (unpaired) electrons. The molecule has 1 aromatic carbocycles. The van der Waals surface area contributed by atoms with Gasteiger partial charge in [0.15, 0.2) is 0 Å². The van der Waals surface area contributed by atoms with Crippen LogP contribution in [-0.4, -0.2) is 13.1 Å². The minimum absolute atomic E-state index is 0.237. The summed E-state index contributed by atoms with van der Waals surface area (Å²) in [5, 5.41) is 3.19. The van der Waals surface area contributed by atoms with Crippen LogP contribution in [0.25, 0.3) is 0 Å². The SMILES string of the molecule is Fc1cccc(F)c1CC1CCNC1. The van der Waals surface area contributed by atoms with Crippen LogP contribution < -0.4 is 5.32 Å². The number of hydrogen-bond donors (Lipinski definition) is 1. The summed E-state index contributed by atoms with van der Waals surface area (Å²) in [7, 11) is 0. The van der Waals surface area contributed by atoms with Crippen LogP contribution in [0.3, 0.4) is 0 Å². The van der Waals surface area contributed by atoms with Gasteiger partial charge in [0.1, 0.15) is 11.6 Å². The van der Waals surface area contributed by atoms with Crippen molar-refractivity contribution in [1.82, 2.24) is 5.32 Å². The molecule has 1 aliphatic rings. The molecule has 0 saturated carbocycles. The first-order chi connectivity index (χ1) is 6.77. The van der Waals surface area contributed by atoms with Gasteiger partial charge < -0.3 is 5.32 Å². The molecular formula is C11H13F2N. The highest BCUT2D eigenvalue weighted by Gasteiger charge is 2.18. The molecule has 0 aliphatic carbocycles. The molecule has 3 heteroatoms. The summed E-state index contributed by atoms with van der Waals surface area (Å²) >= 11 is 0. The molecule has 1 aromatic rings. The minimum atomic E-state index is -0.420. The minimum Gasteiger partial charge on any atom is -0.316 e. The molecule has 1 saturated heterocycles. The van der Waals surface area contributed by atoms with Gasteiger partial charge in [-0.3, -0.25) is 0 Å². The first-order valence-corrected chi connectivity index (χ1v) is 4.91. The van der Waals surface area contributed by atoms with Crippen molar-refractivity contribution in [3.8, 4) is 0 Å². The van der Waals surface area contributed by atoms with Crippen LogP contribution >= 0.6 is 0 Å². The van der Waals surface area contributed by atoms with Crippen molar-refractivity contribution < 1.29 is 8.78 Å². The van der Waals surface area contributed by atoms with E-state index in [9.17, 15) is 8.78 Å². The standard InChI is InChI=1S/C11H13F2N/c12-10-2-1-3-11(13)9(10)6-8-4-5-14-7-8/h1-3,8,14H,4-7H2. The Balaban J connectivity index is 2.14. The largest absolute Gasteiger partial charge is 0.316 e. The Morgan fingerprint density at radius 3 is 2.57 bits per heavy atom. The van der Waals surface area contributed by atoms with E-state index in [1.54, 1.807) is 0 Å². The van der Waals surface area contributed by atoms with E-state index in [1.807, 2.05) is 0 Å². The fourth-order valence-corrected chi connectivity index (χ4v) is 1.90. The van der Waals surface area contributed by atoms with E-state index in [-0.39, 0.29) is 5.56 Å². The van der Waals surface area contributed by atoms with Crippen molar-refractivity contribution in [1.29, 1.82) is 0 Å². The lowest BCUT2D eigenvalue weighted by molar-refractivity contribution is 0.506. The van der Waals surface area contributed by atoms with E-state index in [0.717, 1.165) is 19.5 Å². The first-order valence-electron chi connectivity index (χ1n) is 4.91. The summed E-state index contributed by atoms with van der Waals surface area (Å²) < 4.78 is 26.5. The molecule has 1 fully saturated rings. The molecule has 0 spiro atoms. The third-order valence-corrected chi connectivity index (χ3v) is 2.72. The molecule has 76 valence electrons. The second-order valence-corrected chi connectivity index (χ2v) is 3.76. The summed E-state index contributed by atoms with van der Waals surface area (Å²) in [6.07, 6.45) is 1.51. The molecule has 1 aliphatic heterocycles. The third kappa shape index (κ3) is 1.93. The van der Waals surface area contributed by atoms with Gasteiger partial charge in [-0.2, -0.15) is 0 Å². The smallest absolute Gasteiger partial charge is 0.129 e. The van der Waals surface area contributed by atoms with E-state index >= 15 is 0 Å². The second kappa shape index (κ2) is 4.05. The van der Waals surface area contributed by atoms with Gasteiger partial charge in [-0.15, -0.1) is 0 Å². The molecule has 1 atom stereocenters. The van der Waals surface area contributed by atoms with Crippen molar-refractivity contribution in [3.63, 3.8) is 0 Å². The van der Waals surface area contributed by atoms with Gasteiger partial charge in [-0.05, 0) is 44.0 Å². The third-order valence-electron chi connectivity index (χ3n) is 2.72. The number of rotatable bonds is 2. The molecule has 14 heavy (non-hydrogen) atoms. The average molecular weight is 197 g/mol. The van der Waals surface area contributed by atoms with Gasteiger partial charge in [-0.25, -0.2) is 8.78 Å². The molecule has 1 heterocycles. The van der Waals surface area contributed by atoms with Gasteiger partial charge in [-0.1, -0.05) is 6.07 Å². The molecule has 0 amide bonds. The maximum atomic E-state index is 13.2. The Bertz CT molecular complexity index is 299. The van der Waals surface area contributed by atoms with Crippen molar-refractivity contribution >= 4 is 0 Å². The summed E-state index contributed by atoms with van der Waals surface area (Å²) in [5.74, 6) is -0.463. The first kappa shape index (κ1) is 9.59. The zero-order chi connectivity index (χ0) is 9.97. The van der Waals surface area contributed by atoms with Crippen LogP contribution in [0.4, 0.5) is 8.78 Å². The molecule has 0 aromatic heterocycles. The fraction of sp³-hybridized carbons (Fsp3) is 0.455. The average Bonchev–Trinajstić information content (AvgIpc) is 2.64. The van der Waals surface area contributed by atoms with Crippen LogP contribution in [0.1, 0.15) is 12.0 Å². The quantitative estimate of drug-likeness (QED) is 0.765. The number of benzene rings is 1. The van der Waals surface area contributed by atoms with Crippen LogP contribution in [0.15, 0.2) is 18.2 Å². The maximum absolute atomic E-state index is 13.2. The van der Waals surface area contributed by atoms with Crippen molar-refractivity contribution in [2.45, 2.75) is 12.8 Å². The lowest BCUT2D eigenvalue weighted by atomic mass is 9.98. The highest BCUT2D eigenvalue weighted by atomic mass is 19.1. The molecule has 1 unspecified atom stereocenters. The fourth-order valence-electron chi connectivity index (χ4n) is 1.90.